The second kappa shape index (κ2) is 7.62. The molecule has 116 valence electrons. The molecular weight excluding hydrogens is 260 g/mol. The van der Waals surface area contributed by atoms with E-state index in [0.717, 1.165) is 37.4 Å². The van der Waals surface area contributed by atoms with Crippen molar-refractivity contribution in [2.75, 3.05) is 26.7 Å². The SMILES string of the molecule is C=CCC(N)(CN1CCCCCC1)c1ccc(OC)cc1. The highest BCUT2D eigenvalue weighted by Crippen LogP contribution is 2.27. The molecule has 1 saturated heterocycles. The Kier molecular flexibility index (Phi) is 5.83. The molecule has 0 bridgehead atoms. The summed E-state index contributed by atoms with van der Waals surface area (Å²) in [6.45, 7) is 7.11. The number of benzene rings is 1. The third-order valence-electron chi connectivity index (χ3n) is 4.38. The van der Waals surface area contributed by atoms with Gasteiger partial charge in [0, 0.05) is 6.54 Å². The van der Waals surface area contributed by atoms with Gasteiger partial charge in [0.05, 0.1) is 12.6 Å². The minimum atomic E-state index is -0.363. The molecular formula is C18H28N2O. The van der Waals surface area contributed by atoms with Crippen molar-refractivity contribution >= 4 is 0 Å². The van der Waals surface area contributed by atoms with Crippen LogP contribution < -0.4 is 10.5 Å². The second-order valence-corrected chi connectivity index (χ2v) is 6.07. The molecule has 2 N–H and O–H groups in total. The highest BCUT2D eigenvalue weighted by molar-refractivity contribution is 5.32. The van der Waals surface area contributed by atoms with Crippen molar-refractivity contribution in [1.29, 1.82) is 0 Å². The average Bonchev–Trinajstić information content (AvgIpc) is 2.76. The average molecular weight is 288 g/mol. The summed E-state index contributed by atoms with van der Waals surface area (Å²) in [5.41, 5.74) is 7.55. The third-order valence-corrected chi connectivity index (χ3v) is 4.38. The van der Waals surface area contributed by atoms with Crippen LogP contribution in [0.3, 0.4) is 0 Å². The number of rotatable bonds is 6. The quantitative estimate of drug-likeness (QED) is 0.816. The number of likely N-dealkylation sites (tertiary alicyclic amines) is 1. The van der Waals surface area contributed by atoms with Crippen LogP contribution >= 0.6 is 0 Å². The van der Waals surface area contributed by atoms with Gasteiger partial charge in [0.1, 0.15) is 5.75 Å². The van der Waals surface area contributed by atoms with E-state index in [1.165, 1.54) is 25.7 Å². The van der Waals surface area contributed by atoms with Gasteiger partial charge in [0.2, 0.25) is 0 Å². The summed E-state index contributed by atoms with van der Waals surface area (Å²) in [6.07, 6.45) is 7.98. The Morgan fingerprint density at radius 2 is 1.81 bits per heavy atom. The number of nitrogens with zero attached hydrogens (tertiary/aromatic N) is 1. The highest BCUT2D eigenvalue weighted by Gasteiger charge is 2.29. The predicted octanol–water partition coefficient (Wildman–Crippen LogP) is 3.30. The molecule has 1 aromatic rings. The molecule has 0 aliphatic carbocycles. The molecule has 3 nitrogen and oxygen atoms in total. The Hall–Kier alpha value is -1.32. The van der Waals surface area contributed by atoms with Crippen LogP contribution in [0.1, 0.15) is 37.7 Å². The van der Waals surface area contributed by atoms with E-state index in [4.69, 9.17) is 10.5 Å². The van der Waals surface area contributed by atoms with E-state index in [9.17, 15) is 0 Å². The normalized spacial score (nSPS) is 19.5. The van der Waals surface area contributed by atoms with Crippen molar-refractivity contribution in [1.82, 2.24) is 4.90 Å². The number of hydrogen-bond donors (Lipinski definition) is 1. The smallest absolute Gasteiger partial charge is 0.118 e. The maximum Gasteiger partial charge on any atom is 0.118 e. The summed E-state index contributed by atoms with van der Waals surface area (Å²) in [5.74, 6) is 0.870. The Balaban J connectivity index is 2.14. The van der Waals surface area contributed by atoms with Crippen molar-refractivity contribution in [2.24, 2.45) is 5.73 Å². The van der Waals surface area contributed by atoms with Crippen molar-refractivity contribution in [3.8, 4) is 5.75 Å². The lowest BCUT2D eigenvalue weighted by Crippen LogP contribution is -2.47. The first kappa shape index (κ1) is 16.1. The maximum absolute atomic E-state index is 6.75. The topological polar surface area (TPSA) is 38.5 Å². The van der Waals surface area contributed by atoms with E-state index < -0.39 is 0 Å². The standard InChI is InChI=1S/C18H28N2O/c1-3-12-18(19,15-20-13-6-4-5-7-14-20)16-8-10-17(21-2)11-9-16/h3,8-11H,1,4-7,12-15,19H2,2H3. The summed E-state index contributed by atoms with van der Waals surface area (Å²) >= 11 is 0. The zero-order valence-corrected chi connectivity index (χ0v) is 13.2. The molecule has 1 aliphatic heterocycles. The van der Waals surface area contributed by atoms with Crippen LogP contribution in [0.15, 0.2) is 36.9 Å². The highest BCUT2D eigenvalue weighted by atomic mass is 16.5. The van der Waals surface area contributed by atoms with E-state index in [1.54, 1.807) is 7.11 Å². The van der Waals surface area contributed by atoms with E-state index in [1.807, 2.05) is 18.2 Å². The van der Waals surface area contributed by atoms with Crippen molar-refractivity contribution in [2.45, 2.75) is 37.6 Å². The molecule has 1 unspecified atom stereocenters. The summed E-state index contributed by atoms with van der Waals surface area (Å²) in [5, 5.41) is 0. The minimum absolute atomic E-state index is 0.363. The molecule has 1 atom stereocenters. The largest absolute Gasteiger partial charge is 0.497 e. The van der Waals surface area contributed by atoms with Gasteiger partial charge in [-0.3, -0.25) is 0 Å². The lowest BCUT2D eigenvalue weighted by molar-refractivity contribution is 0.214. The van der Waals surface area contributed by atoms with Crippen LogP contribution in [-0.4, -0.2) is 31.6 Å². The fraction of sp³-hybridized carbons (Fsp3) is 0.556. The number of nitrogens with two attached hydrogens (primary N) is 1. The molecule has 0 amide bonds. The molecule has 0 spiro atoms. The van der Waals surface area contributed by atoms with Crippen LogP contribution in [0.2, 0.25) is 0 Å². The van der Waals surface area contributed by atoms with Crippen molar-refractivity contribution in [3.05, 3.63) is 42.5 Å². The Labute approximate surface area is 128 Å². The first-order valence-corrected chi connectivity index (χ1v) is 7.94. The fourth-order valence-electron chi connectivity index (χ4n) is 3.15. The molecule has 1 aliphatic rings. The van der Waals surface area contributed by atoms with E-state index in [0.29, 0.717) is 0 Å². The van der Waals surface area contributed by atoms with Crippen molar-refractivity contribution < 1.29 is 4.74 Å². The molecule has 1 aromatic carbocycles. The van der Waals surface area contributed by atoms with Gasteiger partial charge in [-0.1, -0.05) is 31.1 Å². The van der Waals surface area contributed by atoms with Crippen LogP contribution in [-0.2, 0) is 5.54 Å². The van der Waals surface area contributed by atoms with Gasteiger partial charge in [-0.05, 0) is 50.0 Å². The Bertz CT molecular complexity index is 435. The van der Waals surface area contributed by atoms with E-state index in [-0.39, 0.29) is 5.54 Å². The van der Waals surface area contributed by atoms with Crippen molar-refractivity contribution in [3.63, 3.8) is 0 Å². The van der Waals surface area contributed by atoms with Gasteiger partial charge in [0.15, 0.2) is 0 Å². The molecule has 1 heterocycles. The van der Waals surface area contributed by atoms with Crippen LogP contribution in [0.25, 0.3) is 0 Å². The number of methoxy groups -OCH3 is 1. The van der Waals surface area contributed by atoms with E-state index in [2.05, 4.69) is 23.6 Å². The molecule has 21 heavy (non-hydrogen) atoms. The monoisotopic (exact) mass is 288 g/mol. The van der Waals surface area contributed by atoms with Gasteiger partial charge in [-0.25, -0.2) is 0 Å². The molecule has 2 rings (SSSR count). The second-order valence-electron chi connectivity index (χ2n) is 6.07. The van der Waals surface area contributed by atoms with Crippen LogP contribution in [0, 0.1) is 0 Å². The van der Waals surface area contributed by atoms with Gasteiger partial charge in [-0.2, -0.15) is 0 Å². The van der Waals surface area contributed by atoms with Gasteiger partial charge in [-0.15, -0.1) is 6.58 Å². The third kappa shape index (κ3) is 4.32. The Morgan fingerprint density at radius 1 is 1.19 bits per heavy atom. The molecule has 0 saturated carbocycles. The Morgan fingerprint density at radius 3 is 2.33 bits per heavy atom. The predicted molar refractivity (Wildman–Crippen MR) is 88.6 cm³/mol. The lowest BCUT2D eigenvalue weighted by Gasteiger charge is -2.35. The van der Waals surface area contributed by atoms with Crippen LogP contribution in [0.5, 0.6) is 5.75 Å². The minimum Gasteiger partial charge on any atom is -0.497 e. The van der Waals surface area contributed by atoms with Gasteiger partial charge < -0.3 is 15.4 Å². The number of ether oxygens (including phenoxy) is 1. The fourth-order valence-corrected chi connectivity index (χ4v) is 3.15. The molecule has 0 radical (unpaired) electrons. The molecule has 3 heteroatoms. The molecule has 0 aromatic heterocycles. The lowest BCUT2D eigenvalue weighted by atomic mass is 9.87. The van der Waals surface area contributed by atoms with Gasteiger partial charge in [0.25, 0.3) is 0 Å². The van der Waals surface area contributed by atoms with E-state index >= 15 is 0 Å². The maximum atomic E-state index is 6.75. The van der Waals surface area contributed by atoms with Gasteiger partial charge >= 0.3 is 0 Å². The van der Waals surface area contributed by atoms with Crippen LogP contribution in [0.4, 0.5) is 0 Å². The zero-order chi connectivity index (χ0) is 15.1. The summed E-state index contributed by atoms with van der Waals surface area (Å²) in [4.78, 5) is 2.51. The first-order chi connectivity index (χ1) is 10.2. The zero-order valence-electron chi connectivity index (χ0n) is 13.2. The molecule has 1 fully saturated rings. The first-order valence-electron chi connectivity index (χ1n) is 7.94. The summed E-state index contributed by atoms with van der Waals surface area (Å²) < 4.78 is 5.24. The number of hydrogen-bond acceptors (Lipinski definition) is 3. The summed E-state index contributed by atoms with van der Waals surface area (Å²) in [6, 6.07) is 8.14. The summed E-state index contributed by atoms with van der Waals surface area (Å²) in [7, 11) is 1.69.